The van der Waals surface area contributed by atoms with Crippen LogP contribution in [-0.4, -0.2) is 16.3 Å². The molecule has 1 N–H and O–H groups in total. The van der Waals surface area contributed by atoms with E-state index < -0.39 is 0 Å². The van der Waals surface area contributed by atoms with Crippen LogP contribution in [0.4, 0.5) is 0 Å². The van der Waals surface area contributed by atoms with E-state index in [1.807, 2.05) is 23.0 Å². The van der Waals surface area contributed by atoms with Gasteiger partial charge in [0.25, 0.3) is 0 Å². The molecule has 0 radical (unpaired) electrons. The largest absolute Gasteiger partial charge is 0.454 e. The van der Waals surface area contributed by atoms with Gasteiger partial charge in [-0.1, -0.05) is 26.0 Å². The average molecular weight is 273 g/mol. The lowest BCUT2D eigenvalue weighted by Crippen LogP contribution is -2.19. The van der Waals surface area contributed by atoms with Gasteiger partial charge in [-0.2, -0.15) is 5.10 Å². The second kappa shape index (κ2) is 7.10. The molecule has 2 aromatic rings. The highest BCUT2D eigenvalue weighted by Crippen LogP contribution is 2.24. The molecule has 1 aromatic carbocycles. The van der Waals surface area contributed by atoms with Crippen LogP contribution in [0.15, 0.2) is 36.7 Å². The quantitative estimate of drug-likeness (QED) is 0.835. The van der Waals surface area contributed by atoms with Crippen LogP contribution >= 0.6 is 0 Å². The molecular weight excluding hydrogens is 250 g/mol. The number of nitrogens with zero attached hydrogens (tertiary/aromatic N) is 2. The van der Waals surface area contributed by atoms with E-state index in [0.29, 0.717) is 6.04 Å². The van der Waals surface area contributed by atoms with Gasteiger partial charge in [0, 0.05) is 12.6 Å². The minimum Gasteiger partial charge on any atom is -0.454 e. The van der Waals surface area contributed by atoms with E-state index in [1.165, 1.54) is 5.56 Å². The smallest absolute Gasteiger partial charge is 0.165 e. The zero-order valence-electron chi connectivity index (χ0n) is 12.5. The summed E-state index contributed by atoms with van der Waals surface area (Å²) in [6.07, 6.45) is 4.73. The molecule has 1 atom stereocenters. The Morgan fingerprint density at radius 2 is 1.90 bits per heavy atom. The summed E-state index contributed by atoms with van der Waals surface area (Å²) in [4.78, 5) is 0. The van der Waals surface area contributed by atoms with Gasteiger partial charge in [0.2, 0.25) is 0 Å². The lowest BCUT2D eigenvalue weighted by Gasteiger charge is -2.16. The first-order valence-electron chi connectivity index (χ1n) is 7.30. The van der Waals surface area contributed by atoms with Crippen molar-refractivity contribution >= 4 is 0 Å². The van der Waals surface area contributed by atoms with E-state index in [9.17, 15) is 0 Å². The fourth-order valence-corrected chi connectivity index (χ4v) is 2.22. The minimum absolute atomic E-state index is 0.414. The van der Waals surface area contributed by atoms with Crippen LogP contribution in [0.3, 0.4) is 0 Å². The topological polar surface area (TPSA) is 39.1 Å². The highest BCUT2D eigenvalue weighted by atomic mass is 16.5. The fourth-order valence-electron chi connectivity index (χ4n) is 2.22. The van der Waals surface area contributed by atoms with Crippen LogP contribution in [0.25, 0.3) is 0 Å². The van der Waals surface area contributed by atoms with Crippen LogP contribution in [-0.2, 0) is 6.54 Å². The van der Waals surface area contributed by atoms with Gasteiger partial charge in [-0.05, 0) is 37.6 Å². The molecule has 0 bridgehead atoms. The monoisotopic (exact) mass is 273 g/mol. The third kappa shape index (κ3) is 3.61. The summed E-state index contributed by atoms with van der Waals surface area (Å²) < 4.78 is 7.63. The number of hydrogen-bond acceptors (Lipinski definition) is 3. The van der Waals surface area contributed by atoms with E-state index in [1.54, 1.807) is 6.20 Å². The maximum atomic E-state index is 5.79. The Balaban J connectivity index is 2.03. The molecule has 4 heteroatoms. The highest BCUT2D eigenvalue weighted by Gasteiger charge is 2.08. The number of ether oxygens (including phenoxy) is 1. The summed E-state index contributed by atoms with van der Waals surface area (Å²) in [6, 6.07) is 8.68. The molecule has 4 nitrogen and oxygen atoms in total. The number of rotatable bonds is 7. The number of aryl methyl sites for hydroxylation is 1. The molecule has 1 aromatic heterocycles. The Morgan fingerprint density at radius 1 is 1.15 bits per heavy atom. The zero-order valence-corrected chi connectivity index (χ0v) is 12.5. The first kappa shape index (κ1) is 14.6. The molecule has 0 spiro atoms. The van der Waals surface area contributed by atoms with Gasteiger partial charge in [-0.25, -0.2) is 0 Å². The second-order valence-corrected chi connectivity index (χ2v) is 4.72. The number of benzene rings is 1. The summed E-state index contributed by atoms with van der Waals surface area (Å²) in [6.45, 7) is 8.20. The van der Waals surface area contributed by atoms with E-state index in [4.69, 9.17) is 4.74 Å². The molecule has 0 fully saturated rings. The lowest BCUT2D eigenvalue weighted by atomic mass is 10.0. The zero-order chi connectivity index (χ0) is 14.4. The van der Waals surface area contributed by atoms with Gasteiger partial charge in [-0.15, -0.1) is 0 Å². The van der Waals surface area contributed by atoms with Crippen molar-refractivity contribution in [2.45, 2.75) is 39.8 Å². The van der Waals surface area contributed by atoms with E-state index in [0.717, 1.165) is 31.0 Å². The van der Waals surface area contributed by atoms with Crippen molar-refractivity contribution in [1.82, 2.24) is 15.1 Å². The second-order valence-electron chi connectivity index (χ2n) is 4.72. The summed E-state index contributed by atoms with van der Waals surface area (Å²) >= 11 is 0. The molecule has 0 aliphatic carbocycles. The third-order valence-electron chi connectivity index (χ3n) is 3.31. The summed E-state index contributed by atoms with van der Waals surface area (Å²) in [5.41, 5.74) is 1.30. The molecule has 0 saturated carbocycles. The SMILES string of the molecule is CCNC(CC)c1ccc(Oc2cnn(CC)c2)cc1. The summed E-state index contributed by atoms with van der Waals surface area (Å²) in [5, 5.41) is 7.67. The van der Waals surface area contributed by atoms with Crippen LogP contribution in [0.5, 0.6) is 11.5 Å². The van der Waals surface area contributed by atoms with E-state index in [-0.39, 0.29) is 0 Å². The Labute approximate surface area is 120 Å². The van der Waals surface area contributed by atoms with Crippen molar-refractivity contribution < 1.29 is 4.74 Å². The number of hydrogen-bond donors (Lipinski definition) is 1. The Hall–Kier alpha value is -1.81. The Kier molecular flexibility index (Phi) is 5.18. The summed E-state index contributed by atoms with van der Waals surface area (Å²) in [5.74, 6) is 1.62. The van der Waals surface area contributed by atoms with Crippen molar-refractivity contribution in [2.24, 2.45) is 0 Å². The van der Waals surface area contributed by atoms with E-state index in [2.05, 4.69) is 43.3 Å². The minimum atomic E-state index is 0.414. The standard InChI is InChI=1S/C16H23N3O/c1-4-16(17-5-2)13-7-9-14(10-8-13)20-15-11-18-19(6-3)12-15/h7-12,16-17H,4-6H2,1-3H3. The Bertz CT molecular complexity index is 519. The maximum Gasteiger partial charge on any atom is 0.165 e. The van der Waals surface area contributed by atoms with Crippen molar-refractivity contribution in [2.75, 3.05) is 6.54 Å². The van der Waals surface area contributed by atoms with Gasteiger partial charge >= 0.3 is 0 Å². The molecule has 1 heterocycles. The van der Waals surface area contributed by atoms with Crippen LogP contribution < -0.4 is 10.1 Å². The fraction of sp³-hybridized carbons (Fsp3) is 0.438. The number of aromatic nitrogens is 2. The van der Waals surface area contributed by atoms with Crippen molar-refractivity contribution in [3.8, 4) is 11.5 Å². The molecule has 1 unspecified atom stereocenters. The van der Waals surface area contributed by atoms with Gasteiger partial charge in [0.1, 0.15) is 5.75 Å². The predicted molar refractivity (Wildman–Crippen MR) is 81.1 cm³/mol. The maximum absolute atomic E-state index is 5.79. The van der Waals surface area contributed by atoms with E-state index >= 15 is 0 Å². The predicted octanol–water partition coefficient (Wildman–Crippen LogP) is 3.76. The molecule has 108 valence electrons. The third-order valence-corrected chi connectivity index (χ3v) is 3.31. The normalized spacial score (nSPS) is 12.3. The van der Waals surface area contributed by atoms with Crippen molar-refractivity contribution in [3.63, 3.8) is 0 Å². The van der Waals surface area contributed by atoms with Crippen LogP contribution in [0.2, 0.25) is 0 Å². The van der Waals surface area contributed by atoms with Gasteiger partial charge in [0.15, 0.2) is 5.75 Å². The van der Waals surface area contributed by atoms with Gasteiger partial charge < -0.3 is 10.1 Å². The molecule has 0 aliphatic rings. The van der Waals surface area contributed by atoms with Gasteiger partial charge in [-0.3, -0.25) is 4.68 Å². The first-order valence-corrected chi connectivity index (χ1v) is 7.30. The molecule has 2 rings (SSSR count). The van der Waals surface area contributed by atoms with Crippen molar-refractivity contribution in [3.05, 3.63) is 42.2 Å². The van der Waals surface area contributed by atoms with Gasteiger partial charge in [0.05, 0.1) is 12.4 Å². The van der Waals surface area contributed by atoms with Crippen LogP contribution in [0.1, 0.15) is 38.8 Å². The molecule has 20 heavy (non-hydrogen) atoms. The molecule has 0 amide bonds. The number of nitrogens with one attached hydrogen (secondary N) is 1. The molecular formula is C16H23N3O. The summed E-state index contributed by atoms with van der Waals surface area (Å²) in [7, 11) is 0. The lowest BCUT2D eigenvalue weighted by molar-refractivity contribution is 0.479. The average Bonchev–Trinajstić information content (AvgIpc) is 2.93. The van der Waals surface area contributed by atoms with Crippen molar-refractivity contribution in [1.29, 1.82) is 0 Å². The molecule has 0 saturated heterocycles. The van der Waals surface area contributed by atoms with Crippen LogP contribution in [0, 0.1) is 0 Å². The molecule has 0 aliphatic heterocycles. The highest BCUT2D eigenvalue weighted by molar-refractivity contribution is 5.32. The Morgan fingerprint density at radius 3 is 2.45 bits per heavy atom. The first-order chi connectivity index (χ1) is 9.76.